The Balaban J connectivity index is 1.66. The van der Waals surface area contributed by atoms with Crippen LogP contribution in [0, 0.1) is 28.7 Å². The summed E-state index contributed by atoms with van der Waals surface area (Å²) in [6.45, 7) is 1.54. The van der Waals surface area contributed by atoms with Crippen LogP contribution in [0.3, 0.4) is 0 Å². The molecule has 0 bridgehead atoms. The SMILES string of the molecule is Cc1c(NC(=O)CCc2ncc(-c3c(F)cccc3F)o2)cccc1[N+](=O)[O-]. The zero-order chi connectivity index (χ0) is 20.3. The Kier molecular flexibility index (Phi) is 5.44. The van der Waals surface area contributed by atoms with Crippen LogP contribution in [0.15, 0.2) is 47.0 Å². The van der Waals surface area contributed by atoms with Crippen LogP contribution in [-0.2, 0) is 11.2 Å². The number of hydrogen-bond donors (Lipinski definition) is 1. The Morgan fingerprint density at radius 2 is 1.89 bits per heavy atom. The summed E-state index contributed by atoms with van der Waals surface area (Å²) in [5.41, 5.74) is 0.259. The normalized spacial score (nSPS) is 10.7. The highest BCUT2D eigenvalue weighted by Crippen LogP contribution is 2.27. The van der Waals surface area contributed by atoms with Gasteiger partial charge in [-0.2, -0.15) is 0 Å². The van der Waals surface area contributed by atoms with Gasteiger partial charge in [0.15, 0.2) is 11.7 Å². The number of carbonyl (C=O) groups is 1. The van der Waals surface area contributed by atoms with Crippen LogP contribution in [-0.4, -0.2) is 15.8 Å². The highest BCUT2D eigenvalue weighted by atomic mass is 19.1. The van der Waals surface area contributed by atoms with Crippen molar-refractivity contribution in [2.75, 3.05) is 5.32 Å². The number of aryl methyl sites for hydroxylation is 1. The van der Waals surface area contributed by atoms with E-state index in [4.69, 9.17) is 4.42 Å². The van der Waals surface area contributed by atoms with Crippen LogP contribution in [0.25, 0.3) is 11.3 Å². The van der Waals surface area contributed by atoms with Gasteiger partial charge in [-0.25, -0.2) is 13.8 Å². The maximum Gasteiger partial charge on any atom is 0.274 e. The van der Waals surface area contributed by atoms with Gasteiger partial charge in [0.1, 0.15) is 11.6 Å². The molecule has 1 heterocycles. The molecule has 0 aliphatic rings. The van der Waals surface area contributed by atoms with Crippen LogP contribution in [0.5, 0.6) is 0 Å². The molecule has 1 aromatic heterocycles. The molecular formula is C19H15F2N3O4. The molecular weight excluding hydrogens is 372 g/mol. The van der Waals surface area contributed by atoms with E-state index in [-0.39, 0.29) is 35.7 Å². The van der Waals surface area contributed by atoms with E-state index in [9.17, 15) is 23.7 Å². The van der Waals surface area contributed by atoms with Crippen LogP contribution in [0.2, 0.25) is 0 Å². The summed E-state index contributed by atoms with van der Waals surface area (Å²) < 4.78 is 32.9. The molecule has 0 atom stereocenters. The molecule has 0 unspecified atom stereocenters. The van der Waals surface area contributed by atoms with E-state index in [1.165, 1.54) is 31.3 Å². The largest absolute Gasteiger partial charge is 0.441 e. The number of nitro benzene ring substituents is 1. The van der Waals surface area contributed by atoms with E-state index in [0.29, 0.717) is 11.3 Å². The van der Waals surface area contributed by atoms with E-state index >= 15 is 0 Å². The van der Waals surface area contributed by atoms with Crippen LogP contribution in [0.1, 0.15) is 17.9 Å². The van der Waals surface area contributed by atoms with E-state index < -0.39 is 22.5 Å². The molecule has 144 valence electrons. The van der Waals surface area contributed by atoms with Crippen LogP contribution in [0.4, 0.5) is 20.2 Å². The van der Waals surface area contributed by atoms with E-state index in [1.54, 1.807) is 6.07 Å². The summed E-state index contributed by atoms with van der Waals surface area (Å²) in [5, 5.41) is 13.6. The van der Waals surface area contributed by atoms with Crippen molar-refractivity contribution in [3.63, 3.8) is 0 Å². The summed E-state index contributed by atoms with van der Waals surface area (Å²) in [5.74, 6) is -1.88. The van der Waals surface area contributed by atoms with E-state index in [1.807, 2.05) is 0 Å². The Morgan fingerprint density at radius 3 is 2.57 bits per heavy atom. The van der Waals surface area contributed by atoms with Gasteiger partial charge in [0.2, 0.25) is 5.91 Å². The van der Waals surface area contributed by atoms with Crippen molar-refractivity contribution in [2.45, 2.75) is 19.8 Å². The lowest BCUT2D eigenvalue weighted by Gasteiger charge is -2.08. The lowest BCUT2D eigenvalue weighted by Crippen LogP contribution is -2.13. The van der Waals surface area contributed by atoms with Gasteiger partial charge in [0.05, 0.1) is 27.9 Å². The average Bonchev–Trinajstić information content (AvgIpc) is 3.10. The molecule has 0 radical (unpaired) electrons. The van der Waals surface area contributed by atoms with Gasteiger partial charge in [-0.1, -0.05) is 12.1 Å². The number of halogens is 2. The average molecular weight is 387 g/mol. The molecule has 0 spiro atoms. The second kappa shape index (κ2) is 7.95. The first-order chi connectivity index (χ1) is 13.4. The minimum absolute atomic E-state index is 0.0260. The Bertz CT molecular complexity index is 1030. The quantitative estimate of drug-likeness (QED) is 0.499. The molecule has 28 heavy (non-hydrogen) atoms. The third-order valence-corrected chi connectivity index (χ3v) is 4.10. The summed E-state index contributed by atoms with van der Waals surface area (Å²) in [6, 6.07) is 7.84. The fourth-order valence-corrected chi connectivity index (χ4v) is 2.66. The number of oxazole rings is 1. The summed E-state index contributed by atoms with van der Waals surface area (Å²) in [7, 11) is 0. The first-order valence-electron chi connectivity index (χ1n) is 8.29. The fourth-order valence-electron chi connectivity index (χ4n) is 2.66. The highest BCUT2D eigenvalue weighted by Gasteiger charge is 2.17. The minimum atomic E-state index is -0.776. The zero-order valence-electron chi connectivity index (χ0n) is 14.7. The molecule has 0 aliphatic heterocycles. The fraction of sp³-hybridized carbons (Fsp3) is 0.158. The second-order valence-electron chi connectivity index (χ2n) is 5.97. The van der Waals surface area contributed by atoms with Crippen molar-refractivity contribution in [2.24, 2.45) is 0 Å². The standard InChI is InChI=1S/C19H15F2N3O4/c1-11-14(6-3-7-15(11)24(26)27)23-17(25)8-9-18-22-10-16(28-18)19-12(20)4-2-5-13(19)21/h2-7,10H,8-9H2,1H3,(H,23,25). The first-order valence-corrected chi connectivity index (χ1v) is 8.29. The van der Waals surface area contributed by atoms with Crippen molar-refractivity contribution in [1.82, 2.24) is 4.98 Å². The molecule has 0 saturated heterocycles. The smallest absolute Gasteiger partial charge is 0.274 e. The number of amides is 1. The maximum absolute atomic E-state index is 13.8. The predicted octanol–water partition coefficient (Wildman–Crippen LogP) is 4.41. The molecule has 0 aliphatic carbocycles. The molecule has 3 rings (SSSR count). The molecule has 1 N–H and O–H groups in total. The minimum Gasteiger partial charge on any atom is -0.441 e. The van der Waals surface area contributed by atoms with Gasteiger partial charge in [-0.3, -0.25) is 14.9 Å². The molecule has 7 nitrogen and oxygen atoms in total. The number of anilines is 1. The van der Waals surface area contributed by atoms with Crippen molar-refractivity contribution < 1.29 is 22.9 Å². The number of carbonyl (C=O) groups excluding carboxylic acids is 1. The first kappa shape index (κ1) is 19.2. The van der Waals surface area contributed by atoms with E-state index in [2.05, 4.69) is 10.3 Å². The van der Waals surface area contributed by atoms with E-state index in [0.717, 1.165) is 12.1 Å². The molecule has 9 heteroatoms. The van der Waals surface area contributed by atoms with Crippen LogP contribution < -0.4 is 5.32 Å². The Hall–Kier alpha value is -3.62. The number of aromatic nitrogens is 1. The number of hydrogen-bond acceptors (Lipinski definition) is 5. The second-order valence-corrected chi connectivity index (χ2v) is 5.97. The monoisotopic (exact) mass is 387 g/mol. The molecule has 2 aromatic carbocycles. The summed E-state index contributed by atoms with van der Waals surface area (Å²) in [4.78, 5) is 26.5. The van der Waals surface area contributed by atoms with Gasteiger partial charge >= 0.3 is 0 Å². The van der Waals surface area contributed by atoms with Crippen molar-refractivity contribution >= 4 is 17.3 Å². The summed E-state index contributed by atoms with van der Waals surface area (Å²) >= 11 is 0. The number of rotatable bonds is 6. The Morgan fingerprint density at radius 1 is 1.21 bits per heavy atom. The third kappa shape index (κ3) is 4.03. The number of nitrogens with zero attached hydrogens (tertiary/aromatic N) is 2. The topological polar surface area (TPSA) is 98.3 Å². The van der Waals surface area contributed by atoms with Crippen molar-refractivity contribution in [3.8, 4) is 11.3 Å². The number of benzene rings is 2. The third-order valence-electron chi connectivity index (χ3n) is 4.10. The zero-order valence-corrected chi connectivity index (χ0v) is 14.7. The lowest BCUT2D eigenvalue weighted by molar-refractivity contribution is -0.385. The van der Waals surface area contributed by atoms with Crippen molar-refractivity contribution in [1.29, 1.82) is 0 Å². The van der Waals surface area contributed by atoms with Gasteiger partial charge in [-0.15, -0.1) is 0 Å². The van der Waals surface area contributed by atoms with Gasteiger partial charge in [-0.05, 0) is 25.1 Å². The summed E-state index contributed by atoms with van der Waals surface area (Å²) in [6.07, 6.45) is 1.26. The van der Waals surface area contributed by atoms with Crippen LogP contribution >= 0.6 is 0 Å². The van der Waals surface area contributed by atoms with Crippen molar-refractivity contribution in [3.05, 3.63) is 75.8 Å². The van der Waals surface area contributed by atoms with Gasteiger partial charge < -0.3 is 9.73 Å². The molecule has 3 aromatic rings. The Labute approximate surface area is 158 Å². The molecule has 0 fully saturated rings. The number of nitro groups is 1. The number of nitrogens with one attached hydrogen (secondary N) is 1. The predicted molar refractivity (Wildman–Crippen MR) is 96.6 cm³/mol. The maximum atomic E-state index is 13.8. The van der Waals surface area contributed by atoms with Gasteiger partial charge in [0.25, 0.3) is 5.69 Å². The molecule has 1 amide bonds. The molecule has 0 saturated carbocycles. The van der Waals surface area contributed by atoms with Gasteiger partial charge in [0, 0.05) is 18.9 Å². The lowest BCUT2D eigenvalue weighted by atomic mass is 10.1. The highest BCUT2D eigenvalue weighted by molar-refractivity contribution is 5.92.